The van der Waals surface area contributed by atoms with Gasteiger partial charge in [0, 0.05) is 5.57 Å². The Bertz CT molecular complexity index is 536. The summed E-state index contributed by atoms with van der Waals surface area (Å²) >= 11 is 0. The maximum absolute atomic E-state index is 11.5. The van der Waals surface area contributed by atoms with Crippen LogP contribution in [0.2, 0.25) is 0 Å². The minimum absolute atomic E-state index is 0.142. The maximum atomic E-state index is 11.5. The zero-order valence-electron chi connectivity index (χ0n) is 13.0. The molecule has 0 saturated carbocycles. The quantitative estimate of drug-likeness (QED) is 0.430. The van der Waals surface area contributed by atoms with Crippen LogP contribution < -0.4 is 4.74 Å². The molecule has 0 aliphatic carbocycles. The summed E-state index contributed by atoms with van der Waals surface area (Å²) in [7, 11) is 0. The van der Waals surface area contributed by atoms with Gasteiger partial charge in [-0.25, -0.2) is 9.59 Å². The second kappa shape index (κ2) is 8.87. The Morgan fingerprint density at radius 2 is 2.00 bits per heavy atom. The summed E-state index contributed by atoms with van der Waals surface area (Å²) in [5, 5.41) is 9.05. The van der Waals surface area contributed by atoms with Gasteiger partial charge in [-0.3, -0.25) is 0 Å². The van der Waals surface area contributed by atoms with Crippen molar-refractivity contribution in [3.63, 3.8) is 0 Å². The molecule has 0 amide bonds. The number of esters is 1. The van der Waals surface area contributed by atoms with E-state index >= 15 is 0 Å². The lowest BCUT2D eigenvalue weighted by atomic mass is 10.1. The predicted molar refractivity (Wildman–Crippen MR) is 83.1 cm³/mol. The van der Waals surface area contributed by atoms with Crippen LogP contribution in [0.5, 0.6) is 5.75 Å². The first kappa shape index (κ1) is 17.8. The first-order valence-electron chi connectivity index (χ1n) is 7.27. The van der Waals surface area contributed by atoms with Crippen LogP contribution in [0.1, 0.15) is 43.5 Å². The number of carboxylic acid groups (broad SMARTS) is 1. The third-order valence-electron chi connectivity index (χ3n) is 3.12. The average molecular weight is 306 g/mol. The Morgan fingerprint density at radius 1 is 1.32 bits per heavy atom. The summed E-state index contributed by atoms with van der Waals surface area (Å²) in [6.45, 7) is 7.47. The molecule has 1 atom stereocenters. The molecule has 1 unspecified atom stereocenters. The van der Waals surface area contributed by atoms with Crippen molar-refractivity contribution in [2.45, 2.75) is 39.2 Å². The topological polar surface area (TPSA) is 72.8 Å². The van der Waals surface area contributed by atoms with Crippen LogP contribution >= 0.6 is 0 Å². The van der Waals surface area contributed by atoms with Gasteiger partial charge in [0.15, 0.2) is 0 Å². The number of ether oxygens (including phenoxy) is 2. The van der Waals surface area contributed by atoms with Crippen molar-refractivity contribution in [1.82, 2.24) is 0 Å². The minimum Gasteiger partial charge on any atom is -0.493 e. The van der Waals surface area contributed by atoms with Crippen LogP contribution in [0.25, 0.3) is 0 Å². The number of hydrogen-bond acceptors (Lipinski definition) is 4. The van der Waals surface area contributed by atoms with Gasteiger partial charge in [0.1, 0.15) is 17.4 Å². The third-order valence-corrected chi connectivity index (χ3v) is 3.12. The molecule has 5 heteroatoms. The van der Waals surface area contributed by atoms with Gasteiger partial charge in [0.05, 0.1) is 6.61 Å². The Labute approximate surface area is 130 Å². The van der Waals surface area contributed by atoms with E-state index < -0.39 is 5.97 Å². The summed E-state index contributed by atoms with van der Waals surface area (Å²) in [5.74, 6) is -1.05. The van der Waals surface area contributed by atoms with Crippen molar-refractivity contribution in [1.29, 1.82) is 0 Å². The van der Waals surface area contributed by atoms with Gasteiger partial charge >= 0.3 is 11.9 Å². The highest BCUT2D eigenvalue weighted by Gasteiger charge is 2.14. The van der Waals surface area contributed by atoms with E-state index in [1.54, 1.807) is 25.1 Å². The summed E-state index contributed by atoms with van der Waals surface area (Å²) in [4.78, 5) is 22.5. The van der Waals surface area contributed by atoms with Gasteiger partial charge in [-0.1, -0.05) is 25.6 Å². The standard InChI is InChI=1S/C17H22O5/c1-4-13(22-17(20)12(2)3)8-7-11-21-15-10-6-5-9-14(15)16(18)19/h5-6,9-10,13H,2,4,7-8,11H2,1,3H3,(H,18,19). The van der Waals surface area contributed by atoms with Crippen molar-refractivity contribution in [2.24, 2.45) is 0 Å². The van der Waals surface area contributed by atoms with Gasteiger partial charge < -0.3 is 14.6 Å². The number of hydrogen-bond donors (Lipinski definition) is 1. The molecule has 0 saturated heterocycles. The van der Waals surface area contributed by atoms with E-state index in [1.165, 1.54) is 6.07 Å². The lowest BCUT2D eigenvalue weighted by Crippen LogP contribution is -2.18. The first-order chi connectivity index (χ1) is 10.5. The molecule has 0 aliphatic heterocycles. The molecule has 0 radical (unpaired) electrons. The average Bonchev–Trinajstić information content (AvgIpc) is 2.50. The Kier molecular flexibility index (Phi) is 7.16. The number of benzene rings is 1. The van der Waals surface area contributed by atoms with E-state index in [9.17, 15) is 9.59 Å². The molecular formula is C17H22O5. The van der Waals surface area contributed by atoms with Crippen molar-refractivity contribution in [3.8, 4) is 5.75 Å². The second-order valence-corrected chi connectivity index (χ2v) is 5.01. The van der Waals surface area contributed by atoms with Gasteiger partial charge in [0.2, 0.25) is 0 Å². The van der Waals surface area contributed by atoms with Crippen LogP contribution in [-0.2, 0) is 9.53 Å². The zero-order chi connectivity index (χ0) is 16.5. The number of para-hydroxylation sites is 1. The minimum atomic E-state index is -1.02. The Balaban J connectivity index is 2.43. The monoisotopic (exact) mass is 306 g/mol. The Morgan fingerprint density at radius 3 is 2.59 bits per heavy atom. The van der Waals surface area contributed by atoms with E-state index in [2.05, 4.69) is 6.58 Å². The SMILES string of the molecule is C=C(C)C(=O)OC(CC)CCCOc1ccccc1C(=O)O. The van der Waals surface area contributed by atoms with E-state index in [4.69, 9.17) is 14.6 Å². The lowest BCUT2D eigenvalue weighted by molar-refractivity contribution is -0.144. The second-order valence-electron chi connectivity index (χ2n) is 5.01. The van der Waals surface area contributed by atoms with Crippen LogP contribution in [0.3, 0.4) is 0 Å². The third kappa shape index (κ3) is 5.60. The summed E-state index contributed by atoms with van der Waals surface area (Å²) in [6, 6.07) is 6.51. The molecule has 1 aromatic carbocycles. The smallest absolute Gasteiger partial charge is 0.339 e. The van der Waals surface area contributed by atoms with E-state index in [-0.39, 0.29) is 17.6 Å². The predicted octanol–water partition coefficient (Wildman–Crippen LogP) is 3.44. The fraction of sp³-hybridized carbons (Fsp3) is 0.412. The van der Waals surface area contributed by atoms with Gasteiger partial charge in [-0.05, 0) is 38.3 Å². The highest BCUT2D eigenvalue weighted by atomic mass is 16.5. The van der Waals surface area contributed by atoms with E-state index in [0.29, 0.717) is 37.2 Å². The lowest BCUT2D eigenvalue weighted by Gasteiger charge is -2.16. The maximum Gasteiger partial charge on any atom is 0.339 e. The van der Waals surface area contributed by atoms with Crippen LogP contribution in [0.4, 0.5) is 0 Å². The molecule has 1 rings (SSSR count). The van der Waals surface area contributed by atoms with E-state index in [1.807, 2.05) is 6.92 Å². The van der Waals surface area contributed by atoms with Crippen molar-refractivity contribution >= 4 is 11.9 Å². The van der Waals surface area contributed by atoms with Gasteiger partial charge in [-0.2, -0.15) is 0 Å². The van der Waals surface area contributed by atoms with Crippen molar-refractivity contribution in [2.75, 3.05) is 6.61 Å². The summed E-state index contributed by atoms with van der Waals surface area (Å²) in [5.41, 5.74) is 0.522. The molecule has 22 heavy (non-hydrogen) atoms. The van der Waals surface area contributed by atoms with Crippen LogP contribution in [-0.4, -0.2) is 29.8 Å². The first-order valence-corrected chi connectivity index (χ1v) is 7.27. The molecule has 0 fully saturated rings. The molecule has 120 valence electrons. The fourth-order valence-electron chi connectivity index (χ4n) is 1.86. The summed E-state index contributed by atoms with van der Waals surface area (Å²) in [6.07, 6.45) is 1.85. The highest BCUT2D eigenvalue weighted by Crippen LogP contribution is 2.18. The molecule has 1 N–H and O–H groups in total. The molecular weight excluding hydrogens is 284 g/mol. The number of carbonyl (C=O) groups excluding carboxylic acids is 1. The molecule has 0 aliphatic rings. The van der Waals surface area contributed by atoms with Gasteiger partial charge in [0.25, 0.3) is 0 Å². The molecule has 0 spiro atoms. The number of carboxylic acids is 1. The summed E-state index contributed by atoms with van der Waals surface area (Å²) < 4.78 is 10.8. The van der Waals surface area contributed by atoms with Gasteiger partial charge in [-0.15, -0.1) is 0 Å². The molecule has 1 aromatic rings. The van der Waals surface area contributed by atoms with E-state index in [0.717, 1.165) is 0 Å². The number of carbonyl (C=O) groups is 2. The van der Waals surface area contributed by atoms with Crippen molar-refractivity contribution < 1.29 is 24.2 Å². The number of rotatable bonds is 9. The highest BCUT2D eigenvalue weighted by molar-refractivity contribution is 5.90. The molecule has 5 nitrogen and oxygen atoms in total. The Hall–Kier alpha value is -2.30. The fourth-order valence-corrected chi connectivity index (χ4v) is 1.86. The largest absolute Gasteiger partial charge is 0.493 e. The molecule has 0 heterocycles. The van der Waals surface area contributed by atoms with Crippen LogP contribution in [0.15, 0.2) is 36.4 Å². The molecule has 0 aromatic heterocycles. The van der Waals surface area contributed by atoms with Crippen LogP contribution in [0, 0.1) is 0 Å². The molecule has 0 bridgehead atoms. The number of aromatic carboxylic acids is 1. The van der Waals surface area contributed by atoms with Crippen molar-refractivity contribution in [3.05, 3.63) is 42.0 Å². The normalized spacial score (nSPS) is 11.5. The zero-order valence-corrected chi connectivity index (χ0v) is 13.0.